The van der Waals surface area contributed by atoms with Gasteiger partial charge in [0.1, 0.15) is 11.5 Å². The van der Waals surface area contributed by atoms with E-state index in [1.54, 1.807) is 0 Å². The minimum absolute atomic E-state index is 0.121. The maximum atomic E-state index is 12.5. The highest BCUT2D eigenvalue weighted by molar-refractivity contribution is 7.90. The highest BCUT2D eigenvalue weighted by atomic mass is 32.2. The first kappa shape index (κ1) is 19.6. The third-order valence-corrected chi connectivity index (χ3v) is 4.02. The van der Waals surface area contributed by atoms with Gasteiger partial charge in [0.05, 0.1) is 5.75 Å². The van der Waals surface area contributed by atoms with Gasteiger partial charge in [-0.25, -0.2) is 22.2 Å². The van der Waals surface area contributed by atoms with E-state index < -0.39 is 34.0 Å². The molecule has 140 valence electrons. The van der Waals surface area contributed by atoms with Gasteiger partial charge in [-0.15, -0.1) is 0 Å². The minimum atomic E-state index is -3.46. The van der Waals surface area contributed by atoms with Crippen LogP contribution in [0.25, 0.3) is 0 Å². The number of amides is 1. The summed E-state index contributed by atoms with van der Waals surface area (Å²) in [6, 6.07) is 8.36. The topological polar surface area (TPSA) is 109 Å². The Morgan fingerprint density at radius 3 is 2.23 bits per heavy atom. The van der Waals surface area contributed by atoms with Crippen LogP contribution in [0.2, 0.25) is 0 Å². The van der Waals surface area contributed by atoms with Crippen LogP contribution in [0, 0.1) is 0 Å². The number of hydrogen-bond acceptors (Lipinski definition) is 6. The summed E-state index contributed by atoms with van der Waals surface area (Å²) in [5.41, 5.74) is 4.92. The van der Waals surface area contributed by atoms with Gasteiger partial charge in [0.15, 0.2) is 15.9 Å². The lowest BCUT2D eigenvalue weighted by atomic mass is 10.3. The number of rotatable bonds is 8. The van der Waals surface area contributed by atoms with E-state index in [4.69, 9.17) is 15.2 Å². The standard InChI is InChI=1S/C16H16F2N2O5S/c1-26(22,23)9-13(16(19)21)24-11-3-5-12(6-4-11)25-14-7-2-10(8-20-14)15(17)18/h2-8,13,15H,9H2,1H3,(H2,19,21). The fraction of sp³-hybridized carbons (Fsp3) is 0.250. The van der Waals surface area contributed by atoms with Gasteiger partial charge in [-0.2, -0.15) is 0 Å². The molecule has 26 heavy (non-hydrogen) atoms. The maximum Gasteiger partial charge on any atom is 0.265 e. The lowest BCUT2D eigenvalue weighted by Gasteiger charge is -2.15. The quantitative estimate of drug-likeness (QED) is 0.744. The molecular formula is C16H16F2N2O5S. The van der Waals surface area contributed by atoms with Crippen LogP contribution in [-0.2, 0) is 14.6 Å². The van der Waals surface area contributed by atoms with Gasteiger partial charge in [-0.3, -0.25) is 4.79 Å². The van der Waals surface area contributed by atoms with Crippen LogP contribution in [0.15, 0.2) is 42.6 Å². The Bertz CT molecular complexity index is 855. The summed E-state index contributed by atoms with van der Waals surface area (Å²) in [6.45, 7) is 0. The number of alkyl halides is 2. The van der Waals surface area contributed by atoms with Crippen molar-refractivity contribution in [3.63, 3.8) is 0 Å². The molecule has 0 saturated carbocycles. The number of nitrogens with two attached hydrogens (primary N) is 1. The van der Waals surface area contributed by atoms with Gasteiger partial charge in [0, 0.05) is 24.1 Å². The molecule has 10 heteroatoms. The number of pyridine rings is 1. The number of halogens is 2. The van der Waals surface area contributed by atoms with Gasteiger partial charge in [0.25, 0.3) is 12.3 Å². The van der Waals surface area contributed by atoms with Crippen LogP contribution >= 0.6 is 0 Å². The second kappa shape index (κ2) is 8.09. The second-order valence-electron chi connectivity index (χ2n) is 5.41. The maximum absolute atomic E-state index is 12.5. The number of sulfone groups is 1. The Morgan fingerprint density at radius 1 is 1.15 bits per heavy atom. The number of carbonyl (C=O) groups is 1. The van der Waals surface area contributed by atoms with Crippen LogP contribution in [0.3, 0.4) is 0 Å². The highest BCUT2D eigenvalue weighted by Crippen LogP contribution is 2.25. The Morgan fingerprint density at radius 2 is 1.77 bits per heavy atom. The molecule has 2 N–H and O–H groups in total. The van der Waals surface area contributed by atoms with Crippen LogP contribution < -0.4 is 15.2 Å². The van der Waals surface area contributed by atoms with E-state index >= 15 is 0 Å². The van der Waals surface area contributed by atoms with E-state index in [0.29, 0.717) is 5.75 Å². The third-order valence-electron chi connectivity index (χ3n) is 3.11. The molecule has 7 nitrogen and oxygen atoms in total. The van der Waals surface area contributed by atoms with Crippen molar-refractivity contribution in [2.75, 3.05) is 12.0 Å². The average molecular weight is 386 g/mol. The molecule has 0 aliphatic heterocycles. The zero-order chi connectivity index (χ0) is 19.3. The normalized spacial score (nSPS) is 12.6. The average Bonchev–Trinajstić information content (AvgIpc) is 2.55. The smallest absolute Gasteiger partial charge is 0.265 e. The van der Waals surface area contributed by atoms with Crippen molar-refractivity contribution in [1.29, 1.82) is 0 Å². The van der Waals surface area contributed by atoms with E-state index in [0.717, 1.165) is 12.5 Å². The van der Waals surface area contributed by atoms with Crippen molar-refractivity contribution in [2.24, 2.45) is 5.73 Å². The molecule has 2 aromatic rings. The van der Waals surface area contributed by atoms with Crippen molar-refractivity contribution < 1.29 is 31.5 Å². The van der Waals surface area contributed by atoms with Crippen LogP contribution in [-0.4, -0.2) is 37.4 Å². The monoisotopic (exact) mass is 386 g/mol. The lowest BCUT2D eigenvalue weighted by molar-refractivity contribution is -0.123. The van der Waals surface area contributed by atoms with Crippen LogP contribution in [0.5, 0.6) is 17.4 Å². The predicted octanol–water partition coefficient (Wildman–Crippen LogP) is 2.09. The fourth-order valence-electron chi connectivity index (χ4n) is 1.90. The Labute approximate surface area is 148 Å². The minimum Gasteiger partial charge on any atom is -0.480 e. The van der Waals surface area contributed by atoms with Crippen molar-refractivity contribution in [1.82, 2.24) is 4.98 Å². The third kappa shape index (κ3) is 5.96. The number of benzene rings is 1. The summed E-state index contributed by atoms with van der Waals surface area (Å²) in [7, 11) is -3.46. The first-order chi connectivity index (χ1) is 12.1. The van der Waals surface area contributed by atoms with Crippen molar-refractivity contribution in [3.05, 3.63) is 48.2 Å². The summed E-state index contributed by atoms with van der Waals surface area (Å²) in [5, 5.41) is 0. The highest BCUT2D eigenvalue weighted by Gasteiger charge is 2.22. The first-order valence-electron chi connectivity index (χ1n) is 7.30. The number of primary amides is 1. The molecule has 0 aliphatic rings. The second-order valence-corrected chi connectivity index (χ2v) is 7.59. The lowest BCUT2D eigenvalue weighted by Crippen LogP contribution is -2.39. The van der Waals surface area contributed by atoms with E-state index in [-0.39, 0.29) is 17.2 Å². The van der Waals surface area contributed by atoms with Gasteiger partial charge >= 0.3 is 0 Å². The van der Waals surface area contributed by atoms with Crippen LogP contribution in [0.4, 0.5) is 8.78 Å². The molecular weight excluding hydrogens is 370 g/mol. The zero-order valence-corrected chi connectivity index (χ0v) is 14.4. The fourth-order valence-corrected chi connectivity index (χ4v) is 2.68. The molecule has 0 saturated heterocycles. The van der Waals surface area contributed by atoms with E-state index in [1.165, 1.54) is 36.4 Å². The summed E-state index contributed by atoms with van der Waals surface area (Å²) < 4.78 is 58.2. The number of ether oxygens (including phenoxy) is 2. The Balaban J connectivity index is 2.04. The molecule has 0 bridgehead atoms. The van der Waals surface area contributed by atoms with Gasteiger partial charge in [-0.05, 0) is 30.3 Å². The van der Waals surface area contributed by atoms with Crippen molar-refractivity contribution in [3.8, 4) is 17.4 Å². The molecule has 1 aromatic heterocycles. The van der Waals surface area contributed by atoms with Gasteiger partial charge in [-0.1, -0.05) is 0 Å². The summed E-state index contributed by atoms with van der Waals surface area (Å²) >= 11 is 0. The van der Waals surface area contributed by atoms with Crippen molar-refractivity contribution in [2.45, 2.75) is 12.5 Å². The van der Waals surface area contributed by atoms with E-state index in [9.17, 15) is 22.0 Å². The Kier molecular flexibility index (Phi) is 6.09. The molecule has 2 rings (SSSR count). The predicted molar refractivity (Wildman–Crippen MR) is 89.0 cm³/mol. The molecule has 1 atom stereocenters. The molecule has 0 spiro atoms. The Hall–Kier alpha value is -2.75. The number of carbonyl (C=O) groups excluding carboxylic acids is 1. The summed E-state index contributed by atoms with van der Waals surface area (Å²) in [5.74, 6) is -0.769. The zero-order valence-electron chi connectivity index (χ0n) is 13.6. The molecule has 1 unspecified atom stereocenters. The SMILES string of the molecule is CS(=O)(=O)CC(Oc1ccc(Oc2ccc(C(F)F)cn2)cc1)C(N)=O. The van der Waals surface area contributed by atoms with E-state index in [2.05, 4.69) is 4.98 Å². The van der Waals surface area contributed by atoms with Crippen molar-refractivity contribution >= 4 is 15.7 Å². The van der Waals surface area contributed by atoms with Crippen LogP contribution in [0.1, 0.15) is 12.0 Å². The molecule has 1 heterocycles. The number of nitrogens with zero attached hydrogens (tertiary/aromatic N) is 1. The molecule has 0 radical (unpaired) electrons. The summed E-state index contributed by atoms with van der Waals surface area (Å²) in [6.07, 6.45) is -1.95. The molecule has 0 aliphatic carbocycles. The van der Waals surface area contributed by atoms with Gasteiger partial charge in [0.2, 0.25) is 5.88 Å². The summed E-state index contributed by atoms with van der Waals surface area (Å²) in [4.78, 5) is 15.1. The number of hydrogen-bond donors (Lipinski definition) is 1. The largest absolute Gasteiger partial charge is 0.480 e. The number of aromatic nitrogens is 1. The molecule has 1 aromatic carbocycles. The van der Waals surface area contributed by atoms with Gasteiger partial charge < -0.3 is 15.2 Å². The molecule has 0 fully saturated rings. The molecule has 1 amide bonds. The van der Waals surface area contributed by atoms with E-state index in [1.807, 2.05) is 0 Å². The first-order valence-corrected chi connectivity index (χ1v) is 9.36.